The average molecular weight is 431 g/mol. The number of halogens is 4. The normalized spacial score (nSPS) is 22.0. The first-order valence-electron chi connectivity index (χ1n) is 7.70. The standard InChI is InChI=1S/C7H13FO4S.C6H11FO2.CH2Cl2/c1-13(9,10)12-6-7(8)2-4-11-5-3-7;7-6(5-8)1-3-9-4-2-6;2-1-3/h2-6H2,1H3;8H,1-5H2;1H2. The topological polar surface area (TPSA) is 82.1 Å². The molecule has 0 aromatic carbocycles. The largest absolute Gasteiger partial charge is 0.393 e. The molecule has 0 atom stereocenters. The van der Waals surface area contributed by atoms with Crippen molar-refractivity contribution < 1.29 is 36.0 Å². The van der Waals surface area contributed by atoms with Gasteiger partial charge in [0.25, 0.3) is 10.1 Å². The molecule has 6 nitrogen and oxygen atoms in total. The second kappa shape index (κ2) is 12.6. The van der Waals surface area contributed by atoms with E-state index in [0.29, 0.717) is 39.3 Å². The van der Waals surface area contributed by atoms with Gasteiger partial charge in [-0.1, -0.05) is 0 Å². The lowest BCUT2D eigenvalue weighted by atomic mass is 9.98. The van der Waals surface area contributed by atoms with Crippen LogP contribution in [0.2, 0.25) is 0 Å². The molecule has 0 aliphatic carbocycles. The highest BCUT2D eigenvalue weighted by Gasteiger charge is 2.34. The fraction of sp³-hybridized carbons (Fsp3) is 1.00. The van der Waals surface area contributed by atoms with Gasteiger partial charge in [0.15, 0.2) is 0 Å². The summed E-state index contributed by atoms with van der Waals surface area (Å²) in [5.74, 6) is 0. The van der Waals surface area contributed by atoms with Gasteiger partial charge in [0.1, 0.15) is 17.9 Å². The van der Waals surface area contributed by atoms with Crippen molar-refractivity contribution in [2.24, 2.45) is 0 Å². The molecular formula is C14H26Cl2F2O6S. The van der Waals surface area contributed by atoms with E-state index in [4.69, 9.17) is 37.8 Å². The summed E-state index contributed by atoms with van der Waals surface area (Å²) < 4.78 is 62.1. The molecule has 0 bridgehead atoms. The second-order valence-corrected chi connectivity index (χ2v) is 8.20. The van der Waals surface area contributed by atoms with Crippen molar-refractivity contribution in [3.8, 4) is 0 Å². The van der Waals surface area contributed by atoms with Crippen molar-refractivity contribution in [2.75, 3.05) is 51.2 Å². The number of hydrogen-bond donors (Lipinski definition) is 1. The van der Waals surface area contributed by atoms with Gasteiger partial charge in [0.2, 0.25) is 0 Å². The zero-order valence-corrected chi connectivity index (χ0v) is 16.5. The number of rotatable bonds is 4. The first-order chi connectivity index (χ1) is 11.6. The van der Waals surface area contributed by atoms with Crippen LogP contribution in [0.5, 0.6) is 0 Å². The fourth-order valence-corrected chi connectivity index (χ4v) is 2.41. The number of hydrogen-bond acceptors (Lipinski definition) is 6. The molecule has 0 spiro atoms. The molecule has 11 heteroatoms. The second-order valence-electron chi connectivity index (χ2n) is 5.75. The maximum Gasteiger partial charge on any atom is 0.264 e. The van der Waals surface area contributed by atoms with Crippen LogP contribution in [-0.4, -0.2) is 76.1 Å². The Labute approximate surface area is 157 Å². The van der Waals surface area contributed by atoms with Crippen LogP contribution in [0.25, 0.3) is 0 Å². The molecule has 2 saturated heterocycles. The molecule has 2 fully saturated rings. The van der Waals surface area contributed by atoms with E-state index >= 15 is 0 Å². The highest BCUT2D eigenvalue weighted by molar-refractivity contribution is 7.85. The summed E-state index contributed by atoms with van der Waals surface area (Å²) >= 11 is 9.53. The van der Waals surface area contributed by atoms with Crippen LogP contribution < -0.4 is 0 Å². The molecule has 2 heterocycles. The van der Waals surface area contributed by atoms with Crippen LogP contribution in [0.4, 0.5) is 8.78 Å². The molecule has 2 aliphatic heterocycles. The quantitative estimate of drug-likeness (QED) is 0.544. The SMILES string of the molecule is CS(=O)(=O)OCC1(F)CCOCC1.ClCCl.OCC1(F)CCOCC1. The fourth-order valence-electron chi connectivity index (χ4n) is 1.99. The van der Waals surface area contributed by atoms with Crippen molar-refractivity contribution in [1.82, 2.24) is 0 Å². The van der Waals surface area contributed by atoms with E-state index in [0.717, 1.165) is 6.26 Å². The molecule has 152 valence electrons. The third kappa shape index (κ3) is 13.1. The third-order valence-electron chi connectivity index (χ3n) is 3.59. The summed E-state index contributed by atoms with van der Waals surface area (Å²) in [6.45, 7) is 0.771. The maximum absolute atomic E-state index is 13.6. The Morgan fingerprint density at radius 2 is 1.36 bits per heavy atom. The Balaban J connectivity index is 0.000000417. The van der Waals surface area contributed by atoms with E-state index < -0.39 is 28.1 Å². The van der Waals surface area contributed by atoms with Crippen LogP contribution in [0.1, 0.15) is 25.7 Å². The lowest BCUT2D eigenvalue weighted by Crippen LogP contribution is -2.37. The van der Waals surface area contributed by atoms with Crippen LogP contribution in [0.3, 0.4) is 0 Å². The smallest absolute Gasteiger partial charge is 0.264 e. The number of ether oxygens (including phenoxy) is 2. The van der Waals surface area contributed by atoms with Crippen LogP contribution in [-0.2, 0) is 23.8 Å². The van der Waals surface area contributed by atoms with Gasteiger partial charge in [-0.05, 0) is 0 Å². The minimum atomic E-state index is -3.54. The van der Waals surface area contributed by atoms with Gasteiger partial charge in [0.05, 0.1) is 18.2 Å². The van der Waals surface area contributed by atoms with Crippen molar-refractivity contribution >= 4 is 33.3 Å². The van der Waals surface area contributed by atoms with E-state index in [9.17, 15) is 17.2 Å². The van der Waals surface area contributed by atoms with E-state index in [1.165, 1.54) is 0 Å². The molecule has 0 aromatic heterocycles. The summed E-state index contributed by atoms with van der Waals surface area (Å²) in [5, 5.41) is 8.71. The van der Waals surface area contributed by atoms with Gasteiger partial charge >= 0.3 is 0 Å². The summed E-state index contributed by atoms with van der Waals surface area (Å²) in [6, 6.07) is 0. The zero-order valence-electron chi connectivity index (χ0n) is 14.2. The lowest BCUT2D eigenvalue weighted by Gasteiger charge is -2.28. The van der Waals surface area contributed by atoms with E-state index in [-0.39, 0.29) is 24.8 Å². The number of aliphatic hydroxyl groups excluding tert-OH is 1. The molecule has 0 saturated carbocycles. The van der Waals surface area contributed by atoms with Gasteiger partial charge in [-0.25, -0.2) is 8.78 Å². The Morgan fingerprint density at radius 3 is 1.64 bits per heavy atom. The van der Waals surface area contributed by atoms with Crippen molar-refractivity contribution in [1.29, 1.82) is 0 Å². The Hall–Kier alpha value is 0.230. The molecule has 0 amide bonds. The average Bonchev–Trinajstić information content (AvgIpc) is 2.55. The van der Waals surface area contributed by atoms with Crippen LogP contribution in [0, 0.1) is 0 Å². The lowest BCUT2D eigenvalue weighted by molar-refractivity contribution is -0.0380. The maximum atomic E-state index is 13.6. The first-order valence-corrected chi connectivity index (χ1v) is 10.6. The molecule has 2 rings (SSSR count). The molecule has 0 radical (unpaired) electrons. The number of alkyl halides is 4. The Bertz CT molecular complexity index is 441. The minimum Gasteiger partial charge on any atom is -0.393 e. The predicted molar refractivity (Wildman–Crippen MR) is 92.2 cm³/mol. The summed E-state index contributed by atoms with van der Waals surface area (Å²) in [4.78, 5) is 0. The van der Waals surface area contributed by atoms with Crippen LogP contribution in [0.15, 0.2) is 0 Å². The van der Waals surface area contributed by atoms with E-state index in [2.05, 4.69) is 4.18 Å². The van der Waals surface area contributed by atoms with Gasteiger partial charge in [-0.15, -0.1) is 23.2 Å². The van der Waals surface area contributed by atoms with Crippen molar-refractivity contribution in [3.05, 3.63) is 0 Å². The summed E-state index contributed by atoms with van der Waals surface area (Å²) in [6.07, 6.45) is 1.98. The molecule has 2 aliphatic rings. The first kappa shape index (κ1) is 25.2. The highest BCUT2D eigenvalue weighted by Crippen LogP contribution is 2.26. The van der Waals surface area contributed by atoms with E-state index in [1.54, 1.807) is 0 Å². The van der Waals surface area contributed by atoms with Gasteiger partial charge in [0, 0.05) is 52.1 Å². The van der Waals surface area contributed by atoms with E-state index in [1.807, 2.05) is 0 Å². The Kier molecular flexibility index (Phi) is 12.7. The monoisotopic (exact) mass is 430 g/mol. The molecule has 0 aromatic rings. The molecular weight excluding hydrogens is 405 g/mol. The van der Waals surface area contributed by atoms with Gasteiger partial charge in [-0.3, -0.25) is 4.18 Å². The van der Waals surface area contributed by atoms with Crippen molar-refractivity contribution in [3.63, 3.8) is 0 Å². The predicted octanol–water partition coefficient (Wildman–Crippen LogP) is 2.40. The molecule has 1 N–H and O–H groups in total. The number of aliphatic hydroxyl groups is 1. The van der Waals surface area contributed by atoms with Gasteiger partial charge < -0.3 is 14.6 Å². The van der Waals surface area contributed by atoms with Gasteiger partial charge in [-0.2, -0.15) is 8.42 Å². The minimum absolute atomic E-state index is 0.194. The van der Waals surface area contributed by atoms with Crippen LogP contribution >= 0.6 is 23.2 Å². The molecule has 0 unspecified atom stereocenters. The summed E-state index contributed by atoms with van der Waals surface area (Å²) in [5.41, 5.74) is -2.89. The molecule has 25 heavy (non-hydrogen) atoms. The van der Waals surface area contributed by atoms with Crippen molar-refractivity contribution in [2.45, 2.75) is 37.0 Å². The highest BCUT2D eigenvalue weighted by atomic mass is 35.5. The third-order valence-corrected chi connectivity index (χ3v) is 4.14. The summed E-state index contributed by atoms with van der Waals surface area (Å²) in [7, 11) is -3.54. The Morgan fingerprint density at radius 1 is 1.00 bits per heavy atom. The zero-order chi connectivity index (χ0) is 19.4.